The number of nitrogen functional groups attached to an aromatic ring is 2. The number of nitrogens with two attached hydrogens (primary N) is 2. The lowest BCUT2D eigenvalue weighted by atomic mass is 9.99. The number of anilines is 2. The van der Waals surface area contributed by atoms with Crippen molar-refractivity contribution in [2.24, 2.45) is 0 Å². The number of halogens is 1. The highest BCUT2D eigenvalue weighted by Crippen LogP contribution is 2.37. The molecule has 0 aliphatic heterocycles. The van der Waals surface area contributed by atoms with E-state index in [0.717, 1.165) is 27.2 Å². The number of aryl methyl sites for hydroxylation is 1. The second-order valence-electron chi connectivity index (χ2n) is 5.72. The topological polar surface area (TPSA) is 87.0 Å². The van der Waals surface area contributed by atoms with Crippen LogP contribution in [0, 0.1) is 12.7 Å². The van der Waals surface area contributed by atoms with Gasteiger partial charge < -0.3 is 16.2 Å². The average Bonchev–Trinajstić information content (AvgIpc) is 2.57. The Morgan fingerprint density at radius 1 is 1.08 bits per heavy atom. The molecule has 0 atom stereocenters. The van der Waals surface area contributed by atoms with Crippen LogP contribution in [0.3, 0.4) is 0 Å². The summed E-state index contributed by atoms with van der Waals surface area (Å²) in [4.78, 5) is 8.80. The van der Waals surface area contributed by atoms with Crippen molar-refractivity contribution in [3.63, 3.8) is 0 Å². The Balaban J connectivity index is 2.31. The molecular weight excluding hydrogens is 307 g/mol. The predicted molar refractivity (Wildman–Crippen MR) is 94.6 cm³/mol. The summed E-state index contributed by atoms with van der Waals surface area (Å²) in [5, 5.41) is 3.23. The summed E-state index contributed by atoms with van der Waals surface area (Å²) in [5.41, 5.74) is 14.9. The van der Waals surface area contributed by atoms with E-state index in [1.54, 1.807) is 12.3 Å². The zero-order valence-corrected chi connectivity index (χ0v) is 13.2. The van der Waals surface area contributed by atoms with E-state index >= 15 is 0 Å². The van der Waals surface area contributed by atoms with Crippen molar-refractivity contribution < 1.29 is 9.13 Å². The molecule has 0 aliphatic carbocycles. The molecule has 0 amide bonds. The van der Waals surface area contributed by atoms with Crippen molar-refractivity contribution in [3.05, 3.63) is 41.8 Å². The van der Waals surface area contributed by atoms with Gasteiger partial charge in [-0.1, -0.05) is 6.07 Å². The summed E-state index contributed by atoms with van der Waals surface area (Å²) in [6.07, 6.45) is 1.62. The molecule has 0 spiro atoms. The fraction of sp³-hybridized carbons (Fsp3) is 0.111. The maximum absolute atomic E-state index is 14.0. The van der Waals surface area contributed by atoms with Gasteiger partial charge in [0.15, 0.2) is 11.6 Å². The number of rotatable bonds is 1. The van der Waals surface area contributed by atoms with Gasteiger partial charge in [-0.15, -0.1) is 0 Å². The molecule has 120 valence electrons. The number of nitrogens with zero attached hydrogens (tertiary/aromatic N) is 2. The minimum Gasteiger partial charge on any atom is -0.494 e. The molecule has 0 radical (unpaired) electrons. The maximum atomic E-state index is 14.0. The molecule has 2 aromatic carbocycles. The molecule has 6 heteroatoms. The van der Waals surface area contributed by atoms with E-state index in [0.29, 0.717) is 22.4 Å². The monoisotopic (exact) mass is 322 g/mol. The van der Waals surface area contributed by atoms with Crippen LogP contribution >= 0.6 is 0 Å². The summed E-state index contributed by atoms with van der Waals surface area (Å²) >= 11 is 0. The molecule has 2 aromatic heterocycles. The SMILES string of the molecule is COc1cc2c(cc1F)ncc1c(N)nc3c(C)c(N)ccc3c12. The number of ether oxygens (including phenoxy) is 1. The van der Waals surface area contributed by atoms with Crippen LogP contribution in [0.15, 0.2) is 30.5 Å². The van der Waals surface area contributed by atoms with Gasteiger partial charge in [0.25, 0.3) is 0 Å². The van der Waals surface area contributed by atoms with E-state index in [9.17, 15) is 4.39 Å². The van der Waals surface area contributed by atoms with Crippen LogP contribution < -0.4 is 16.2 Å². The third kappa shape index (κ3) is 1.86. The van der Waals surface area contributed by atoms with Crippen molar-refractivity contribution in [1.29, 1.82) is 0 Å². The van der Waals surface area contributed by atoms with Gasteiger partial charge >= 0.3 is 0 Å². The van der Waals surface area contributed by atoms with Crippen molar-refractivity contribution in [2.75, 3.05) is 18.6 Å². The van der Waals surface area contributed by atoms with Crippen molar-refractivity contribution in [1.82, 2.24) is 9.97 Å². The number of methoxy groups -OCH3 is 1. The van der Waals surface area contributed by atoms with Gasteiger partial charge in [0.2, 0.25) is 0 Å². The van der Waals surface area contributed by atoms with E-state index < -0.39 is 5.82 Å². The average molecular weight is 322 g/mol. The minimum atomic E-state index is -0.455. The predicted octanol–water partition coefficient (Wildman–Crippen LogP) is 3.56. The standard InChI is InChI=1S/C18H15FN4O/c1-8-13(20)4-3-9-16-10-5-15(24-2)12(19)6-14(10)22-7-11(16)18(21)23-17(8)9/h3-7H,20H2,1-2H3,(H2,21,23). The smallest absolute Gasteiger partial charge is 0.167 e. The van der Waals surface area contributed by atoms with E-state index in [1.165, 1.54) is 13.2 Å². The molecule has 2 heterocycles. The third-order valence-corrected chi connectivity index (χ3v) is 4.39. The summed E-state index contributed by atoms with van der Waals surface area (Å²) in [7, 11) is 1.43. The summed E-state index contributed by atoms with van der Waals surface area (Å²) in [5.74, 6) is 0.0694. The van der Waals surface area contributed by atoms with Gasteiger partial charge in [-0.2, -0.15) is 0 Å². The van der Waals surface area contributed by atoms with Gasteiger partial charge in [-0.25, -0.2) is 9.37 Å². The van der Waals surface area contributed by atoms with Crippen LogP contribution in [0.25, 0.3) is 32.6 Å². The first-order valence-electron chi connectivity index (χ1n) is 7.41. The first-order valence-corrected chi connectivity index (χ1v) is 7.41. The molecule has 0 saturated heterocycles. The number of fused-ring (bicyclic) bond motifs is 5. The summed E-state index contributed by atoms with van der Waals surface area (Å²) in [6.45, 7) is 1.90. The molecule has 0 saturated carbocycles. The van der Waals surface area contributed by atoms with Gasteiger partial charge in [0.1, 0.15) is 5.82 Å². The second-order valence-corrected chi connectivity index (χ2v) is 5.72. The second kappa shape index (κ2) is 4.92. The Hall–Kier alpha value is -3.15. The lowest BCUT2D eigenvalue weighted by Crippen LogP contribution is -1.99. The zero-order chi connectivity index (χ0) is 17.0. The molecular formula is C18H15FN4O. The fourth-order valence-electron chi connectivity index (χ4n) is 3.08. The normalized spacial score (nSPS) is 11.5. The molecule has 0 unspecified atom stereocenters. The van der Waals surface area contributed by atoms with Gasteiger partial charge in [-0.05, 0) is 24.6 Å². The van der Waals surface area contributed by atoms with Crippen LogP contribution in [-0.4, -0.2) is 17.1 Å². The highest BCUT2D eigenvalue weighted by molar-refractivity contribution is 6.21. The van der Waals surface area contributed by atoms with Gasteiger partial charge in [0.05, 0.1) is 18.1 Å². The summed E-state index contributed by atoms with van der Waals surface area (Å²) in [6, 6.07) is 6.74. The molecule has 0 fully saturated rings. The minimum absolute atomic E-state index is 0.160. The Morgan fingerprint density at radius 2 is 1.88 bits per heavy atom. The highest BCUT2D eigenvalue weighted by atomic mass is 19.1. The lowest BCUT2D eigenvalue weighted by molar-refractivity contribution is 0.387. The van der Waals surface area contributed by atoms with E-state index in [-0.39, 0.29) is 5.75 Å². The number of pyridine rings is 2. The number of hydrogen-bond donors (Lipinski definition) is 2. The maximum Gasteiger partial charge on any atom is 0.167 e. The van der Waals surface area contributed by atoms with E-state index in [4.69, 9.17) is 16.2 Å². The van der Waals surface area contributed by atoms with Crippen LogP contribution in [0.2, 0.25) is 0 Å². The van der Waals surface area contributed by atoms with Crippen LogP contribution in [0.4, 0.5) is 15.9 Å². The third-order valence-electron chi connectivity index (χ3n) is 4.39. The molecule has 4 N–H and O–H groups in total. The van der Waals surface area contributed by atoms with E-state index in [1.807, 2.05) is 19.1 Å². The fourth-order valence-corrected chi connectivity index (χ4v) is 3.08. The van der Waals surface area contributed by atoms with Crippen LogP contribution in [0.5, 0.6) is 5.75 Å². The number of aromatic nitrogens is 2. The molecule has 5 nitrogen and oxygen atoms in total. The first kappa shape index (κ1) is 14.4. The van der Waals surface area contributed by atoms with Crippen molar-refractivity contribution >= 4 is 44.1 Å². The Labute approximate surface area is 137 Å². The summed E-state index contributed by atoms with van der Waals surface area (Å²) < 4.78 is 19.1. The van der Waals surface area contributed by atoms with E-state index in [2.05, 4.69) is 9.97 Å². The molecule has 24 heavy (non-hydrogen) atoms. The van der Waals surface area contributed by atoms with Gasteiger partial charge in [-0.3, -0.25) is 4.98 Å². The number of hydrogen-bond acceptors (Lipinski definition) is 5. The Kier molecular flexibility index (Phi) is 2.96. The quantitative estimate of drug-likeness (QED) is 0.413. The first-order chi connectivity index (χ1) is 11.5. The highest BCUT2D eigenvalue weighted by Gasteiger charge is 2.15. The molecule has 4 aromatic rings. The largest absolute Gasteiger partial charge is 0.494 e. The molecule has 4 rings (SSSR count). The Bertz CT molecular complexity index is 1140. The zero-order valence-electron chi connectivity index (χ0n) is 13.2. The van der Waals surface area contributed by atoms with Gasteiger partial charge in [0, 0.05) is 39.5 Å². The van der Waals surface area contributed by atoms with Crippen LogP contribution in [-0.2, 0) is 0 Å². The number of benzene rings is 2. The van der Waals surface area contributed by atoms with Crippen molar-refractivity contribution in [3.8, 4) is 5.75 Å². The lowest BCUT2D eigenvalue weighted by Gasteiger charge is -2.13. The molecule has 0 aliphatic rings. The Morgan fingerprint density at radius 3 is 2.62 bits per heavy atom. The van der Waals surface area contributed by atoms with Crippen molar-refractivity contribution in [2.45, 2.75) is 6.92 Å². The van der Waals surface area contributed by atoms with Crippen LogP contribution in [0.1, 0.15) is 5.56 Å². The molecule has 0 bridgehead atoms.